The molecule has 0 bridgehead atoms. The van der Waals surface area contributed by atoms with E-state index in [0.717, 1.165) is 34.6 Å². The number of nitrogens with one attached hydrogen (secondary N) is 1. The van der Waals surface area contributed by atoms with Crippen molar-refractivity contribution in [3.63, 3.8) is 0 Å². The highest BCUT2D eigenvalue weighted by Crippen LogP contribution is 2.34. The molecule has 2 atom stereocenters. The Morgan fingerprint density at radius 1 is 1.12 bits per heavy atom. The number of ketones is 1. The number of carbonyl (C=O) groups is 3. The Hall–Kier alpha value is -2.18. The maximum absolute atomic E-state index is 13.1. The molecule has 7 heteroatoms. The zero-order chi connectivity index (χ0) is 23.3. The number of halogens is 1. The van der Waals surface area contributed by atoms with Crippen LogP contribution in [0, 0.1) is 18.8 Å². The van der Waals surface area contributed by atoms with Gasteiger partial charge in [-0.15, -0.1) is 11.3 Å². The molecular formula is C25H30ClNO4S. The summed E-state index contributed by atoms with van der Waals surface area (Å²) in [4.78, 5) is 39.5. The number of hydrogen-bond donors (Lipinski definition) is 2. The van der Waals surface area contributed by atoms with Crippen molar-refractivity contribution in [2.24, 2.45) is 11.8 Å². The highest BCUT2D eigenvalue weighted by molar-refractivity contribution is 7.12. The fraction of sp³-hybridized carbons (Fsp3) is 0.480. The summed E-state index contributed by atoms with van der Waals surface area (Å²) in [6.07, 6.45) is 5.41. The zero-order valence-corrected chi connectivity index (χ0v) is 20.2. The standard InChI is InChI=1S/C25H30ClNO4S/c1-3-18-15(2)32-22(23(18)24(29)27-17-13-11-16(26)12-14-17)10-6-9-21(28)19-7-4-5-8-20(19)25(30)31/h11-14,19-20H,3-10H2,1-2H3,(H,27,29)(H,30,31). The quantitative estimate of drug-likeness (QED) is 0.445. The summed E-state index contributed by atoms with van der Waals surface area (Å²) < 4.78 is 0. The van der Waals surface area contributed by atoms with Crippen molar-refractivity contribution in [1.82, 2.24) is 0 Å². The first-order valence-corrected chi connectivity index (χ1v) is 12.4. The fourth-order valence-electron chi connectivity index (χ4n) is 4.65. The van der Waals surface area contributed by atoms with Crippen LogP contribution < -0.4 is 5.32 Å². The minimum absolute atomic E-state index is 0.0493. The van der Waals surface area contributed by atoms with Gasteiger partial charge in [0.25, 0.3) is 5.91 Å². The molecule has 0 spiro atoms. The lowest BCUT2D eigenvalue weighted by atomic mass is 9.76. The lowest BCUT2D eigenvalue weighted by Crippen LogP contribution is -2.32. The molecule has 3 rings (SSSR count). The van der Waals surface area contributed by atoms with E-state index in [9.17, 15) is 19.5 Å². The lowest BCUT2D eigenvalue weighted by molar-refractivity contribution is -0.148. The van der Waals surface area contributed by atoms with Crippen molar-refractivity contribution < 1.29 is 19.5 Å². The number of carbonyl (C=O) groups excluding carboxylic acids is 2. The largest absolute Gasteiger partial charge is 0.481 e. The van der Waals surface area contributed by atoms with Crippen LogP contribution in [-0.2, 0) is 22.4 Å². The molecule has 2 unspecified atom stereocenters. The van der Waals surface area contributed by atoms with Crippen LogP contribution in [0.15, 0.2) is 24.3 Å². The molecular weight excluding hydrogens is 446 g/mol. The first kappa shape index (κ1) is 24.5. The molecule has 2 aromatic rings. The van der Waals surface area contributed by atoms with Crippen LogP contribution >= 0.6 is 22.9 Å². The molecule has 1 aromatic heterocycles. The van der Waals surface area contributed by atoms with E-state index in [4.69, 9.17) is 11.6 Å². The van der Waals surface area contributed by atoms with Gasteiger partial charge in [0.05, 0.1) is 11.5 Å². The third-order valence-electron chi connectivity index (χ3n) is 6.29. The molecule has 32 heavy (non-hydrogen) atoms. The molecule has 0 saturated heterocycles. The lowest BCUT2D eigenvalue weighted by Gasteiger charge is -2.27. The van der Waals surface area contributed by atoms with Crippen LogP contribution in [-0.4, -0.2) is 22.8 Å². The fourth-order valence-corrected chi connectivity index (χ4v) is 6.08. The maximum Gasteiger partial charge on any atom is 0.307 e. The summed E-state index contributed by atoms with van der Waals surface area (Å²) in [7, 11) is 0. The predicted molar refractivity (Wildman–Crippen MR) is 129 cm³/mol. The van der Waals surface area contributed by atoms with E-state index in [-0.39, 0.29) is 17.6 Å². The number of carboxylic acids is 1. The molecule has 1 heterocycles. The maximum atomic E-state index is 13.1. The topological polar surface area (TPSA) is 83.5 Å². The molecule has 0 aliphatic heterocycles. The number of aliphatic carboxylic acids is 1. The van der Waals surface area contributed by atoms with Crippen molar-refractivity contribution in [2.75, 3.05) is 5.32 Å². The van der Waals surface area contributed by atoms with E-state index >= 15 is 0 Å². The summed E-state index contributed by atoms with van der Waals surface area (Å²) in [5.41, 5.74) is 2.43. The number of benzene rings is 1. The van der Waals surface area contributed by atoms with E-state index < -0.39 is 11.9 Å². The molecule has 0 radical (unpaired) electrons. The van der Waals surface area contributed by atoms with Gasteiger partial charge in [0, 0.05) is 32.8 Å². The summed E-state index contributed by atoms with van der Waals surface area (Å²) in [5, 5.41) is 13.0. The molecule has 2 N–H and O–H groups in total. The second-order valence-corrected chi connectivity index (χ2v) is 10.2. The SMILES string of the molecule is CCc1c(C)sc(CCCC(=O)C2CCCCC2C(=O)O)c1C(=O)Nc1ccc(Cl)cc1. The Bertz CT molecular complexity index is 983. The van der Waals surface area contributed by atoms with Gasteiger partial charge in [0.15, 0.2) is 0 Å². The molecule has 5 nitrogen and oxygen atoms in total. The first-order valence-electron chi connectivity index (χ1n) is 11.2. The normalized spacial score (nSPS) is 18.3. The molecule has 1 aliphatic carbocycles. The Labute approximate surface area is 198 Å². The van der Waals surface area contributed by atoms with Crippen LogP contribution in [0.5, 0.6) is 0 Å². The summed E-state index contributed by atoms with van der Waals surface area (Å²) in [5.74, 6) is -1.87. The highest BCUT2D eigenvalue weighted by atomic mass is 35.5. The summed E-state index contributed by atoms with van der Waals surface area (Å²) >= 11 is 7.55. The average molecular weight is 476 g/mol. The predicted octanol–water partition coefficient (Wildman–Crippen LogP) is 6.31. The minimum Gasteiger partial charge on any atom is -0.481 e. The van der Waals surface area contributed by atoms with Crippen LogP contribution in [0.4, 0.5) is 5.69 Å². The second-order valence-electron chi connectivity index (χ2n) is 8.41. The highest BCUT2D eigenvalue weighted by Gasteiger charge is 2.35. The number of amides is 1. The number of anilines is 1. The van der Waals surface area contributed by atoms with Gasteiger partial charge in [-0.1, -0.05) is 31.4 Å². The number of hydrogen-bond acceptors (Lipinski definition) is 4. The minimum atomic E-state index is -0.856. The van der Waals surface area contributed by atoms with Gasteiger partial charge in [-0.05, 0) is 68.9 Å². The smallest absolute Gasteiger partial charge is 0.307 e. The number of Topliss-reactive ketones (excluding diaryl/α,β-unsaturated/α-hetero) is 1. The van der Waals surface area contributed by atoms with Gasteiger partial charge >= 0.3 is 5.97 Å². The van der Waals surface area contributed by atoms with Crippen molar-refractivity contribution in [3.8, 4) is 0 Å². The molecule has 172 valence electrons. The third-order valence-corrected chi connectivity index (χ3v) is 7.75. The average Bonchev–Trinajstić information content (AvgIpc) is 3.10. The Kier molecular flexibility index (Phi) is 8.49. The van der Waals surface area contributed by atoms with Crippen molar-refractivity contribution in [1.29, 1.82) is 0 Å². The van der Waals surface area contributed by atoms with Gasteiger partial charge in [-0.25, -0.2) is 0 Å². The van der Waals surface area contributed by atoms with Crippen LogP contribution in [0.2, 0.25) is 5.02 Å². The van der Waals surface area contributed by atoms with Gasteiger partial charge < -0.3 is 10.4 Å². The third kappa shape index (κ3) is 5.78. The summed E-state index contributed by atoms with van der Waals surface area (Å²) in [6, 6.07) is 7.01. The van der Waals surface area contributed by atoms with Crippen LogP contribution in [0.3, 0.4) is 0 Å². The Balaban J connectivity index is 1.68. The Morgan fingerprint density at radius 3 is 2.41 bits per heavy atom. The second kappa shape index (κ2) is 11.1. The van der Waals surface area contributed by atoms with Gasteiger partial charge in [-0.2, -0.15) is 0 Å². The van der Waals surface area contributed by atoms with E-state index in [1.165, 1.54) is 0 Å². The molecule has 1 aromatic carbocycles. The van der Waals surface area contributed by atoms with Crippen molar-refractivity contribution >= 4 is 46.3 Å². The number of carboxylic acid groups (broad SMARTS) is 1. The van der Waals surface area contributed by atoms with E-state index in [2.05, 4.69) is 5.32 Å². The first-order chi connectivity index (χ1) is 15.3. The molecule has 1 amide bonds. The Morgan fingerprint density at radius 2 is 1.78 bits per heavy atom. The van der Waals surface area contributed by atoms with Crippen LogP contribution in [0.1, 0.15) is 71.1 Å². The molecule has 1 saturated carbocycles. The number of rotatable bonds is 9. The number of aryl methyl sites for hydroxylation is 2. The molecule has 1 fully saturated rings. The van der Waals surface area contributed by atoms with E-state index in [1.807, 2.05) is 13.8 Å². The van der Waals surface area contributed by atoms with Gasteiger partial charge in [0.1, 0.15) is 5.78 Å². The van der Waals surface area contributed by atoms with E-state index in [0.29, 0.717) is 48.4 Å². The van der Waals surface area contributed by atoms with E-state index in [1.54, 1.807) is 35.6 Å². The van der Waals surface area contributed by atoms with Crippen LogP contribution in [0.25, 0.3) is 0 Å². The monoisotopic (exact) mass is 475 g/mol. The number of thiophene rings is 1. The van der Waals surface area contributed by atoms with Crippen molar-refractivity contribution in [3.05, 3.63) is 50.2 Å². The van der Waals surface area contributed by atoms with Crippen molar-refractivity contribution in [2.45, 2.75) is 65.2 Å². The zero-order valence-electron chi connectivity index (χ0n) is 18.6. The molecule has 1 aliphatic rings. The van der Waals surface area contributed by atoms with Gasteiger partial charge in [0.2, 0.25) is 0 Å². The summed E-state index contributed by atoms with van der Waals surface area (Å²) in [6.45, 7) is 4.06. The van der Waals surface area contributed by atoms with Gasteiger partial charge in [-0.3, -0.25) is 14.4 Å².